The molecule has 3 heterocycles. The Hall–Kier alpha value is -2.41. The van der Waals surface area contributed by atoms with Crippen molar-refractivity contribution in [3.05, 3.63) is 40.7 Å². The van der Waals surface area contributed by atoms with E-state index in [1.165, 1.54) is 16.2 Å². The first-order chi connectivity index (χ1) is 13.2. The van der Waals surface area contributed by atoms with Gasteiger partial charge in [0.2, 0.25) is 5.91 Å². The number of aromatic amines is 1. The summed E-state index contributed by atoms with van der Waals surface area (Å²) in [6.45, 7) is 1.55. The number of amides is 1. The third kappa shape index (κ3) is 3.00. The number of nitrogens with zero attached hydrogens (tertiary/aromatic N) is 3. The maximum absolute atomic E-state index is 13.3. The van der Waals surface area contributed by atoms with Gasteiger partial charge in [-0.05, 0) is 44.2 Å². The van der Waals surface area contributed by atoms with E-state index < -0.39 is 0 Å². The first kappa shape index (κ1) is 16.7. The lowest BCUT2D eigenvalue weighted by Crippen LogP contribution is -2.42. The van der Waals surface area contributed by atoms with E-state index in [4.69, 9.17) is 10.7 Å². The Balaban J connectivity index is 1.37. The highest BCUT2D eigenvalue weighted by atomic mass is 32.1. The fourth-order valence-corrected chi connectivity index (χ4v) is 5.40. The van der Waals surface area contributed by atoms with Crippen LogP contribution in [0.4, 0.5) is 5.13 Å². The summed E-state index contributed by atoms with van der Waals surface area (Å²) in [5.41, 5.74) is 8.89. The molecule has 6 nitrogen and oxygen atoms in total. The topological polar surface area (TPSA) is 87.9 Å². The number of likely N-dealkylation sites (tertiary alicyclic amines) is 1. The van der Waals surface area contributed by atoms with E-state index in [0.717, 1.165) is 67.7 Å². The third-order valence-electron chi connectivity index (χ3n) is 5.80. The number of H-pyrrole nitrogens is 1. The fourth-order valence-electron chi connectivity index (χ4n) is 4.46. The van der Waals surface area contributed by atoms with Crippen LogP contribution >= 0.6 is 11.3 Å². The minimum absolute atomic E-state index is 0.128. The summed E-state index contributed by atoms with van der Waals surface area (Å²) >= 11 is 1.54. The molecule has 1 aliphatic carbocycles. The number of anilines is 1. The Kier molecular flexibility index (Phi) is 4.11. The minimum Gasteiger partial charge on any atom is -0.375 e. The zero-order valence-corrected chi connectivity index (χ0v) is 16.0. The molecular weight excluding hydrogens is 358 g/mol. The molecule has 0 spiro atoms. The van der Waals surface area contributed by atoms with Crippen molar-refractivity contribution >= 4 is 33.4 Å². The number of imidazole rings is 1. The van der Waals surface area contributed by atoms with Gasteiger partial charge < -0.3 is 15.6 Å². The second-order valence-electron chi connectivity index (χ2n) is 7.57. The average molecular weight is 382 g/mol. The fraction of sp³-hybridized carbons (Fsp3) is 0.450. The lowest BCUT2D eigenvalue weighted by atomic mass is 9.88. The number of carbonyl (C=O) groups is 1. The molecule has 0 bridgehead atoms. The minimum atomic E-state index is -0.128. The third-order valence-corrected chi connectivity index (χ3v) is 6.76. The van der Waals surface area contributed by atoms with Crippen LogP contribution < -0.4 is 5.73 Å². The summed E-state index contributed by atoms with van der Waals surface area (Å²) in [6, 6.07) is 8.09. The van der Waals surface area contributed by atoms with Gasteiger partial charge in [-0.15, -0.1) is 11.3 Å². The molecule has 1 aromatic carbocycles. The van der Waals surface area contributed by atoms with Gasteiger partial charge >= 0.3 is 0 Å². The molecule has 2 atom stereocenters. The van der Waals surface area contributed by atoms with Gasteiger partial charge in [-0.25, -0.2) is 9.97 Å². The maximum Gasteiger partial charge on any atom is 0.231 e. The number of benzene rings is 1. The summed E-state index contributed by atoms with van der Waals surface area (Å²) < 4.78 is 0. The number of aromatic nitrogens is 3. The smallest absolute Gasteiger partial charge is 0.231 e. The molecule has 5 rings (SSSR count). The van der Waals surface area contributed by atoms with Crippen LogP contribution in [0.3, 0.4) is 0 Å². The van der Waals surface area contributed by atoms with Crippen LogP contribution in [0.15, 0.2) is 24.3 Å². The Morgan fingerprint density at radius 1 is 1.22 bits per heavy atom. The largest absolute Gasteiger partial charge is 0.375 e. The van der Waals surface area contributed by atoms with Crippen molar-refractivity contribution in [2.75, 3.05) is 18.8 Å². The molecule has 3 aromatic rings. The van der Waals surface area contributed by atoms with Crippen molar-refractivity contribution in [1.29, 1.82) is 0 Å². The number of piperidine rings is 1. The standard InChI is InChI=1S/C20H23N5OS/c21-20-24-17-13(6-3-9-16(17)27-20)19(26)25-10-4-5-12(11-25)18-22-14-7-1-2-8-15(14)23-18/h1-2,7-8,12-13H,3-6,9-11H2,(H2,21,24)(H,22,23). The van der Waals surface area contributed by atoms with Crippen LogP contribution in [0.25, 0.3) is 11.0 Å². The number of aryl methyl sites for hydroxylation is 1. The van der Waals surface area contributed by atoms with Crippen LogP contribution in [0.5, 0.6) is 0 Å². The van der Waals surface area contributed by atoms with Gasteiger partial charge in [0, 0.05) is 23.9 Å². The molecule has 0 saturated carbocycles. The van der Waals surface area contributed by atoms with Gasteiger partial charge in [-0.2, -0.15) is 0 Å². The van der Waals surface area contributed by atoms with Gasteiger partial charge in [-0.3, -0.25) is 4.79 Å². The van der Waals surface area contributed by atoms with E-state index in [1.54, 1.807) is 0 Å². The van der Waals surface area contributed by atoms with Gasteiger partial charge in [0.1, 0.15) is 5.82 Å². The van der Waals surface area contributed by atoms with Crippen LogP contribution in [-0.4, -0.2) is 38.8 Å². The highest BCUT2D eigenvalue weighted by Crippen LogP contribution is 2.38. The molecule has 3 N–H and O–H groups in total. The molecule has 27 heavy (non-hydrogen) atoms. The zero-order chi connectivity index (χ0) is 18.4. The Labute approximate surface area is 161 Å². The van der Waals surface area contributed by atoms with Crippen molar-refractivity contribution in [2.45, 2.75) is 43.9 Å². The quantitative estimate of drug-likeness (QED) is 0.712. The number of nitrogens with two attached hydrogens (primary N) is 1. The number of fused-ring (bicyclic) bond motifs is 2. The summed E-state index contributed by atoms with van der Waals surface area (Å²) in [7, 11) is 0. The second kappa shape index (κ2) is 6.64. The number of rotatable bonds is 2. The Morgan fingerprint density at radius 3 is 3.00 bits per heavy atom. The molecular formula is C20H23N5OS. The van der Waals surface area contributed by atoms with E-state index in [2.05, 4.69) is 9.97 Å². The highest BCUT2D eigenvalue weighted by Gasteiger charge is 2.35. The van der Waals surface area contributed by atoms with E-state index in [-0.39, 0.29) is 17.7 Å². The predicted molar refractivity (Wildman–Crippen MR) is 107 cm³/mol. The van der Waals surface area contributed by atoms with Crippen molar-refractivity contribution in [2.24, 2.45) is 0 Å². The first-order valence-corrected chi connectivity index (χ1v) is 10.5. The molecule has 2 unspecified atom stereocenters. The van der Waals surface area contributed by atoms with Crippen molar-refractivity contribution in [3.8, 4) is 0 Å². The zero-order valence-electron chi connectivity index (χ0n) is 15.1. The van der Waals surface area contributed by atoms with Gasteiger partial charge in [0.25, 0.3) is 0 Å². The number of thiazole rings is 1. The van der Waals surface area contributed by atoms with Crippen molar-refractivity contribution in [3.63, 3.8) is 0 Å². The summed E-state index contributed by atoms with van der Waals surface area (Å²) in [5.74, 6) is 1.34. The molecule has 2 aliphatic rings. The van der Waals surface area contributed by atoms with Crippen molar-refractivity contribution < 1.29 is 4.79 Å². The second-order valence-corrected chi connectivity index (χ2v) is 8.68. The number of carbonyl (C=O) groups excluding carboxylic acids is 1. The average Bonchev–Trinajstić information content (AvgIpc) is 3.29. The normalized spacial score (nSPS) is 22.7. The molecule has 0 radical (unpaired) electrons. The molecule has 2 aromatic heterocycles. The molecule has 1 aliphatic heterocycles. The van der Waals surface area contributed by atoms with Gasteiger partial charge in [-0.1, -0.05) is 12.1 Å². The van der Waals surface area contributed by atoms with Crippen LogP contribution in [-0.2, 0) is 11.2 Å². The Bertz CT molecular complexity index is 960. The number of hydrogen-bond donors (Lipinski definition) is 2. The molecule has 140 valence electrons. The lowest BCUT2D eigenvalue weighted by molar-refractivity contribution is -0.134. The van der Waals surface area contributed by atoms with Crippen LogP contribution in [0.2, 0.25) is 0 Å². The number of para-hydroxylation sites is 2. The number of nitrogens with one attached hydrogen (secondary N) is 1. The summed E-state index contributed by atoms with van der Waals surface area (Å²) in [5, 5.41) is 0.582. The SMILES string of the molecule is Nc1nc2c(s1)CCCC2C(=O)N1CCCC(c2nc3ccccc3[nH]2)C1. The number of hydrogen-bond acceptors (Lipinski definition) is 5. The van der Waals surface area contributed by atoms with Crippen LogP contribution in [0, 0.1) is 0 Å². The molecule has 1 fully saturated rings. The predicted octanol–water partition coefficient (Wildman–Crippen LogP) is 3.43. The number of nitrogen functional groups attached to an aromatic ring is 1. The van der Waals surface area contributed by atoms with Crippen LogP contribution in [0.1, 0.15) is 53.9 Å². The Morgan fingerprint density at radius 2 is 2.11 bits per heavy atom. The summed E-state index contributed by atoms with van der Waals surface area (Å²) in [4.78, 5) is 29.2. The van der Waals surface area contributed by atoms with Crippen molar-refractivity contribution in [1.82, 2.24) is 19.9 Å². The van der Waals surface area contributed by atoms with E-state index >= 15 is 0 Å². The molecule has 1 saturated heterocycles. The molecule has 7 heteroatoms. The summed E-state index contributed by atoms with van der Waals surface area (Å²) in [6.07, 6.45) is 4.97. The van der Waals surface area contributed by atoms with E-state index in [1.807, 2.05) is 29.2 Å². The highest BCUT2D eigenvalue weighted by molar-refractivity contribution is 7.15. The van der Waals surface area contributed by atoms with Gasteiger partial charge in [0.15, 0.2) is 5.13 Å². The molecule has 1 amide bonds. The maximum atomic E-state index is 13.3. The first-order valence-electron chi connectivity index (χ1n) is 9.67. The van der Waals surface area contributed by atoms with Gasteiger partial charge in [0.05, 0.1) is 22.6 Å². The lowest BCUT2D eigenvalue weighted by Gasteiger charge is -2.35. The monoisotopic (exact) mass is 381 g/mol. The van der Waals surface area contributed by atoms with E-state index in [9.17, 15) is 4.79 Å². The van der Waals surface area contributed by atoms with E-state index in [0.29, 0.717) is 5.13 Å².